The van der Waals surface area contributed by atoms with Crippen molar-refractivity contribution in [1.82, 2.24) is 57.0 Å². The zero-order valence-electron chi connectivity index (χ0n) is 50.9. The number of rotatable bonds is 29. The highest BCUT2D eigenvalue weighted by atomic mass is 19.1. The molecule has 1 saturated heterocycles. The van der Waals surface area contributed by atoms with Crippen molar-refractivity contribution in [2.45, 2.75) is 133 Å². The molecule has 0 radical (unpaired) electrons. The molecule has 2 aromatic carbocycles. The van der Waals surface area contributed by atoms with Crippen LogP contribution in [0.3, 0.4) is 0 Å². The first-order valence-corrected chi connectivity index (χ1v) is 30.5. The molecule has 9 rings (SSSR count). The molecule has 10 amide bonds. The van der Waals surface area contributed by atoms with E-state index in [1.165, 1.54) is 16.7 Å². The Morgan fingerprint density at radius 3 is 2.14 bits per heavy atom. The van der Waals surface area contributed by atoms with Gasteiger partial charge in [-0.15, -0.1) is 0 Å². The SMILES string of the molecule is Cc1c(F)cc2nc3c(c4c2c1CC[C@@H]4NC(=O)COCNC(=O)CNC(=O)[C@H](Cc1ccccc1)NC(=O)CNC(=O)CNC(=O)[C@H](CCC(=O)NC[C@@H]1O[C@H](CO)[C@@H](O)[C@H](O)[C@H]1O)NC(=O)CCCCCN1C(=O)C=CC1=O)Cn1c-3cc2c(c1=O)COC(=O)[C@H]2O. The average molecular weight is 1310 g/mol. The number of unbranched alkanes of at least 4 members (excludes halogenated alkanes) is 2. The van der Waals surface area contributed by atoms with Crippen LogP contribution in [0.4, 0.5) is 4.39 Å². The number of nitrogens with zero attached hydrogens (tertiary/aromatic N) is 3. The maximum absolute atomic E-state index is 15.4. The number of aliphatic hydroxyl groups is 5. The first-order valence-electron chi connectivity index (χ1n) is 30.5. The summed E-state index contributed by atoms with van der Waals surface area (Å²) in [6.45, 7) is -2.66. The highest BCUT2D eigenvalue weighted by Gasteiger charge is 2.44. The third kappa shape index (κ3) is 16.3. The molecule has 0 unspecified atom stereocenters. The number of cyclic esters (lactones) is 1. The van der Waals surface area contributed by atoms with Crippen LogP contribution in [-0.4, -0.2) is 200 Å². The van der Waals surface area contributed by atoms with Crippen molar-refractivity contribution < 1.29 is 96.9 Å². The van der Waals surface area contributed by atoms with Gasteiger partial charge in [0.05, 0.1) is 61.3 Å². The number of aromatic nitrogens is 2. The van der Waals surface area contributed by atoms with Gasteiger partial charge in [-0.2, -0.15) is 0 Å². The molecule has 6 heterocycles. The van der Waals surface area contributed by atoms with Gasteiger partial charge in [0.25, 0.3) is 17.4 Å². The van der Waals surface area contributed by atoms with Crippen LogP contribution in [0.2, 0.25) is 0 Å². The van der Waals surface area contributed by atoms with Crippen LogP contribution in [0.15, 0.2) is 59.4 Å². The van der Waals surface area contributed by atoms with E-state index in [0.717, 1.165) is 17.1 Å². The summed E-state index contributed by atoms with van der Waals surface area (Å²) in [5.41, 5.74) is 3.50. The summed E-state index contributed by atoms with van der Waals surface area (Å²) < 4.78 is 32.7. The van der Waals surface area contributed by atoms with Gasteiger partial charge in [0, 0.05) is 67.1 Å². The van der Waals surface area contributed by atoms with Gasteiger partial charge >= 0.3 is 5.97 Å². The van der Waals surface area contributed by atoms with Crippen LogP contribution < -0.4 is 48.1 Å². The van der Waals surface area contributed by atoms with E-state index < -0.39 is 177 Å². The number of benzene rings is 2. The predicted octanol–water partition coefficient (Wildman–Crippen LogP) is -4.06. The third-order valence-corrected chi connectivity index (χ3v) is 16.8. The number of carbonyl (C=O) groups is 11. The van der Waals surface area contributed by atoms with Crippen molar-refractivity contribution in [2.24, 2.45) is 0 Å². The van der Waals surface area contributed by atoms with Crippen LogP contribution >= 0.6 is 0 Å². The number of aliphatic hydroxyl groups excluding tert-OH is 5. The van der Waals surface area contributed by atoms with Crippen molar-refractivity contribution in [3.8, 4) is 11.4 Å². The van der Waals surface area contributed by atoms with Crippen molar-refractivity contribution in [3.05, 3.63) is 110 Å². The van der Waals surface area contributed by atoms with E-state index >= 15 is 4.39 Å². The van der Waals surface area contributed by atoms with Crippen molar-refractivity contribution in [3.63, 3.8) is 0 Å². The normalized spacial score (nSPS) is 20.6. The summed E-state index contributed by atoms with van der Waals surface area (Å²) in [5.74, 6) is -8.39. The summed E-state index contributed by atoms with van der Waals surface area (Å²) in [6.07, 6.45) is -5.92. The predicted molar refractivity (Wildman–Crippen MR) is 322 cm³/mol. The van der Waals surface area contributed by atoms with Gasteiger partial charge in [0.2, 0.25) is 47.3 Å². The fraction of sp³-hybridized carbons (Fsp3) is 0.468. The highest BCUT2D eigenvalue weighted by molar-refractivity contribution is 6.12. The second kappa shape index (κ2) is 31.0. The number of aryl methyl sites for hydroxylation is 1. The lowest BCUT2D eigenvalue weighted by Gasteiger charge is -2.40. The van der Waals surface area contributed by atoms with Gasteiger partial charge in [-0.3, -0.25) is 57.6 Å². The molecule has 0 spiro atoms. The second-order valence-electron chi connectivity index (χ2n) is 23.1. The van der Waals surface area contributed by atoms with E-state index in [0.29, 0.717) is 70.3 Å². The standard InChI is InChI=1S/C62H72FN11O20/c1-30-32-11-12-37(53-34-25-74-41(54(34)72-39(52(32)53)20-36(30)63)19-33-35(61(74)90)27-93-62(91)55(33)84)69-49(81)28-92-29-68-47(79)23-67-60(89)40(18-31-8-4-2-5-9-31)71-48(80)24-65-46(78)22-66-59(88)38(70-45(77)10-6-3-7-17-73-50(82)15-16-51(73)83)13-14-44(76)64-21-42-56(85)58(87)57(86)43(26-75)94-42/h2,4-5,8-9,15-16,19-20,37-38,40,42-43,55-58,75,84-87H,3,6-7,10-14,17-18,21-29H2,1H3,(H,64,76)(H,65,78)(H,66,88)(H,67,89)(H,68,79)(H,69,81)(H,70,77)(H,71,80)/t37-,38-,40-,42-,43+,55-,56-,57+,58+/m0/s1. The molecule has 1 aliphatic carbocycles. The Morgan fingerprint density at radius 2 is 1.41 bits per heavy atom. The van der Waals surface area contributed by atoms with Gasteiger partial charge in [-0.1, -0.05) is 36.8 Å². The number of carbonyl (C=O) groups excluding carboxylic acids is 11. The van der Waals surface area contributed by atoms with Crippen LogP contribution in [0.1, 0.15) is 96.0 Å². The minimum Gasteiger partial charge on any atom is -0.458 e. The average Bonchev–Trinajstić information content (AvgIpc) is 1.44. The maximum Gasteiger partial charge on any atom is 0.340 e. The Labute approximate surface area is 534 Å². The van der Waals surface area contributed by atoms with E-state index in [-0.39, 0.29) is 68.6 Å². The van der Waals surface area contributed by atoms with E-state index in [9.17, 15) is 83.1 Å². The zero-order valence-corrected chi connectivity index (χ0v) is 50.9. The fourth-order valence-corrected chi connectivity index (χ4v) is 11.8. The van der Waals surface area contributed by atoms with Gasteiger partial charge in [-0.05, 0) is 67.3 Å². The Morgan fingerprint density at radius 1 is 0.734 bits per heavy atom. The van der Waals surface area contributed by atoms with E-state index in [2.05, 4.69) is 42.5 Å². The van der Waals surface area contributed by atoms with E-state index in [1.54, 1.807) is 37.3 Å². The van der Waals surface area contributed by atoms with Crippen molar-refractivity contribution in [2.75, 3.05) is 52.7 Å². The van der Waals surface area contributed by atoms with Crippen LogP contribution in [0.5, 0.6) is 0 Å². The van der Waals surface area contributed by atoms with Crippen LogP contribution in [0, 0.1) is 12.7 Å². The topological polar surface area (TPSA) is 451 Å². The highest BCUT2D eigenvalue weighted by Crippen LogP contribution is 2.45. The Hall–Kier alpha value is -9.44. The molecule has 9 atom stereocenters. The Kier molecular flexibility index (Phi) is 22.7. The smallest absolute Gasteiger partial charge is 0.340 e. The Bertz CT molecular complexity index is 3720. The summed E-state index contributed by atoms with van der Waals surface area (Å²) in [6, 6.07) is 7.92. The lowest BCUT2D eigenvalue weighted by atomic mass is 9.81. The van der Waals surface area contributed by atoms with Gasteiger partial charge < -0.3 is 86.8 Å². The number of esters is 1. The number of ether oxygens (including phenoxy) is 3. The maximum atomic E-state index is 15.4. The number of hydrogen-bond donors (Lipinski definition) is 13. The number of fused-ring (bicyclic) bond motifs is 5. The summed E-state index contributed by atoms with van der Waals surface area (Å²) in [7, 11) is 0. The number of imide groups is 1. The molecular weight excluding hydrogens is 1240 g/mol. The quantitative estimate of drug-likeness (QED) is 0.00938. The minimum atomic E-state index is -1.70. The molecule has 5 aliphatic rings. The monoisotopic (exact) mass is 1310 g/mol. The summed E-state index contributed by atoms with van der Waals surface area (Å²) in [4.78, 5) is 161. The van der Waals surface area contributed by atoms with E-state index in [1.807, 2.05) is 0 Å². The molecule has 13 N–H and O–H groups in total. The molecular formula is C62H72FN11O20. The molecule has 1 fully saturated rings. The molecule has 94 heavy (non-hydrogen) atoms. The molecule has 0 bridgehead atoms. The number of pyridine rings is 2. The molecule has 32 heteroatoms. The van der Waals surface area contributed by atoms with Crippen molar-refractivity contribution >= 4 is 75.9 Å². The summed E-state index contributed by atoms with van der Waals surface area (Å²) >= 11 is 0. The number of halogens is 1. The second-order valence-corrected chi connectivity index (χ2v) is 23.1. The van der Waals surface area contributed by atoms with E-state index in [4.69, 9.17) is 19.2 Å². The first kappa shape index (κ1) is 68.9. The molecule has 4 aromatic rings. The van der Waals surface area contributed by atoms with Crippen molar-refractivity contribution in [1.29, 1.82) is 0 Å². The van der Waals surface area contributed by atoms with Crippen LogP contribution in [0.25, 0.3) is 22.3 Å². The largest absolute Gasteiger partial charge is 0.458 e. The molecule has 31 nitrogen and oxygen atoms in total. The lowest BCUT2D eigenvalue weighted by Crippen LogP contribution is -2.60. The Balaban J connectivity index is 0.733. The third-order valence-electron chi connectivity index (χ3n) is 16.8. The first-order chi connectivity index (χ1) is 45.0. The molecule has 0 saturated carbocycles. The fourth-order valence-electron chi connectivity index (χ4n) is 11.8. The molecule has 4 aliphatic heterocycles. The molecule has 502 valence electrons. The van der Waals surface area contributed by atoms with Gasteiger partial charge in [0.1, 0.15) is 68.4 Å². The number of nitrogens with one attached hydrogen (secondary N) is 8. The zero-order chi connectivity index (χ0) is 67.5. The molecule has 2 aromatic heterocycles. The number of hydrogen-bond acceptors (Lipinski definition) is 21. The summed E-state index contributed by atoms with van der Waals surface area (Å²) in [5, 5.41) is 71.4. The van der Waals surface area contributed by atoms with Crippen LogP contribution in [-0.2, 0) is 92.9 Å². The number of amides is 10. The van der Waals surface area contributed by atoms with Gasteiger partial charge in [0.15, 0.2) is 6.10 Å². The minimum absolute atomic E-state index is 0.0231. The van der Waals surface area contributed by atoms with Gasteiger partial charge in [-0.25, -0.2) is 14.2 Å². The lowest BCUT2D eigenvalue weighted by molar-refractivity contribution is -0.227.